The van der Waals surface area contributed by atoms with Gasteiger partial charge in [-0.1, -0.05) is 114 Å². The Hall–Kier alpha value is -3.52. The van der Waals surface area contributed by atoms with E-state index >= 15 is 0 Å². The van der Waals surface area contributed by atoms with Gasteiger partial charge in [-0.25, -0.2) is 9.97 Å². The van der Waals surface area contributed by atoms with E-state index in [1.165, 1.54) is 22.3 Å². The van der Waals surface area contributed by atoms with Crippen molar-refractivity contribution in [3.8, 4) is 0 Å². The van der Waals surface area contributed by atoms with E-state index in [-0.39, 0.29) is 10.8 Å². The lowest BCUT2D eigenvalue weighted by Crippen LogP contribution is -2.10. The molecule has 0 saturated carbocycles. The van der Waals surface area contributed by atoms with Gasteiger partial charge in [-0.3, -0.25) is 0 Å². The second-order valence-corrected chi connectivity index (χ2v) is 10.8. The molecule has 0 unspecified atom stereocenters. The first-order valence-electron chi connectivity index (χ1n) is 11.9. The molecule has 0 amide bonds. The third kappa shape index (κ3) is 5.34. The van der Waals surface area contributed by atoms with Gasteiger partial charge in [0, 0.05) is 0 Å². The van der Waals surface area contributed by atoms with Gasteiger partial charge in [0.1, 0.15) is 0 Å². The van der Waals surface area contributed by atoms with Crippen LogP contribution in [0.3, 0.4) is 0 Å². The molecule has 34 heavy (non-hydrogen) atoms. The lowest BCUT2D eigenvalue weighted by Gasteiger charge is -2.25. The molecule has 1 aromatic heterocycles. The van der Waals surface area contributed by atoms with E-state index in [0.29, 0.717) is 0 Å². The van der Waals surface area contributed by atoms with Crippen LogP contribution in [0.1, 0.15) is 64.1 Å². The van der Waals surface area contributed by atoms with Crippen molar-refractivity contribution >= 4 is 34.3 Å². The summed E-state index contributed by atoms with van der Waals surface area (Å²) in [4.78, 5) is 10.2. The average Bonchev–Trinajstić information content (AvgIpc) is 2.80. The van der Waals surface area contributed by atoms with Crippen LogP contribution >= 0.6 is 0 Å². The van der Waals surface area contributed by atoms with Crippen LogP contribution in [-0.4, -0.2) is 9.97 Å². The molecule has 0 radical (unpaired) electrons. The van der Waals surface area contributed by atoms with Crippen LogP contribution in [0.15, 0.2) is 84.9 Å². The molecule has 0 aliphatic heterocycles. The molecule has 0 bridgehead atoms. The second kappa shape index (κ2) is 9.38. The van der Waals surface area contributed by atoms with Crippen molar-refractivity contribution in [2.45, 2.75) is 41.5 Å². The van der Waals surface area contributed by atoms with Crippen LogP contribution in [0.4, 0.5) is 0 Å². The Balaban J connectivity index is 2.01. The molecule has 0 spiro atoms. The first kappa shape index (κ1) is 23.6. The van der Waals surface area contributed by atoms with Gasteiger partial charge < -0.3 is 0 Å². The van der Waals surface area contributed by atoms with E-state index in [2.05, 4.69) is 114 Å². The minimum absolute atomic E-state index is 0.0536. The topological polar surface area (TPSA) is 25.8 Å². The predicted molar refractivity (Wildman–Crippen MR) is 147 cm³/mol. The fourth-order valence-electron chi connectivity index (χ4n) is 4.21. The summed E-state index contributed by atoms with van der Waals surface area (Å²) in [5, 5.41) is 0. The van der Waals surface area contributed by atoms with Crippen molar-refractivity contribution < 1.29 is 0 Å². The maximum absolute atomic E-state index is 5.10. The monoisotopic (exact) mass is 446 g/mol. The molecular formula is C32H34N2. The smallest absolute Gasteiger partial charge is 0.0897 e. The van der Waals surface area contributed by atoms with Gasteiger partial charge >= 0.3 is 0 Å². The lowest BCUT2D eigenvalue weighted by atomic mass is 9.80. The zero-order valence-electron chi connectivity index (χ0n) is 21.1. The van der Waals surface area contributed by atoms with Crippen LogP contribution < -0.4 is 0 Å². The van der Waals surface area contributed by atoms with E-state index < -0.39 is 0 Å². The van der Waals surface area contributed by atoms with Crippen molar-refractivity contribution in [3.05, 3.63) is 107 Å². The largest absolute Gasteiger partial charge is 0.244 e. The summed E-state index contributed by atoms with van der Waals surface area (Å²) in [6.07, 6.45) is 4.46. The molecule has 3 aromatic carbocycles. The highest BCUT2D eigenvalue weighted by atomic mass is 14.8. The van der Waals surface area contributed by atoms with Crippen molar-refractivity contribution in [1.29, 1.82) is 0 Å². The Morgan fingerprint density at radius 3 is 1.15 bits per heavy atom. The number of fused-ring (bicyclic) bond motifs is 1. The molecule has 172 valence electrons. The molecule has 4 rings (SSSR count). The molecule has 0 aliphatic carbocycles. The summed E-state index contributed by atoms with van der Waals surface area (Å²) in [5.41, 5.74) is 8.39. The SMILES string of the molecule is CC(C)(C)C(=Cc1nc2ccccc2nc1C=C(c1ccccc1)C(C)(C)C)c1ccccc1. The Morgan fingerprint density at radius 1 is 0.500 bits per heavy atom. The quantitative estimate of drug-likeness (QED) is 0.313. The first-order valence-corrected chi connectivity index (χ1v) is 11.9. The maximum Gasteiger partial charge on any atom is 0.0897 e. The zero-order valence-corrected chi connectivity index (χ0v) is 21.1. The normalized spacial score (nSPS) is 13.4. The molecule has 2 heteroatoms. The zero-order chi connectivity index (χ0) is 24.3. The van der Waals surface area contributed by atoms with E-state index in [9.17, 15) is 0 Å². The number of hydrogen-bond donors (Lipinski definition) is 0. The van der Waals surface area contributed by atoms with E-state index in [1.807, 2.05) is 24.3 Å². The number of hydrogen-bond acceptors (Lipinski definition) is 2. The molecule has 0 saturated heterocycles. The second-order valence-electron chi connectivity index (χ2n) is 10.8. The summed E-state index contributed by atoms with van der Waals surface area (Å²) in [6, 6.07) is 29.3. The fraction of sp³-hybridized carbons (Fsp3) is 0.250. The van der Waals surface area contributed by atoms with E-state index in [4.69, 9.17) is 9.97 Å². The standard InChI is InChI=1S/C32H34N2/c1-31(2,3)25(23-15-9-7-10-16-23)21-29-30(34-28-20-14-13-19-27(28)33-29)22-26(32(4,5)6)24-17-11-8-12-18-24/h7-22H,1-6H3. The van der Waals surface area contributed by atoms with Crippen LogP contribution in [0.5, 0.6) is 0 Å². The Bertz CT molecular complexity index is 1230. The van der Waals surface area contributed by atoms with Crippen molar-refractivity contribution in [1.82, 2.24) is 9.97 Å². The Labute approximate surface area is 204 Å². The predicted octanol–water partition coefficient (Wildman–Crippen LogP) is 8.80. The fourth-order valence-corrected chi connectivity index (χ4v) is 4.21. The van der Waals surface area contributed by atoms with Crippen LogP contribution in [-0.2, 0) is 0 Å². The van der Waals surface area contributed by atoms with Crippen molar-refractivity contribution in [2.24, 2.45) is 10.8 Å². The first-order chi connectivity index (χ1) is 16.1. The summed E-state index contributed by atoms with van der Waals surface area (Å²) in [5.74, 6) is 0. The highest BCUT2D eigenvalue weighted by Gasteiger charge is 2.22. The van der Waals surface area contributed by atoms with Crippen LogP contribution in [0, 0.1) is 10.8 Å². The van der Waals surface area contributed by atoms with Crippen molar-refractivity contribution in [2.75, 3.05) is 0 Å². The highest BCUT2D eigenvalue weighted by Crippen LogP contribution is 2.38. The summed E-state index contributed by atoms with van der Waals surface area (Å²) in [6.45, 7) is 13.5. The third-order valence-electron chi connectivity index (χ3n) is 5.97. The van der Waals surface area contributed by atoms with E-state index in [0.717, 1.165) is 22.4 Å². The summed E-state index contributed by atoms with van der Waals surface area (Å²) < 4.78 is 0. The van der Waals surface area contributed by atoms with Crippen LogP contribution in [0.2, 0.25) is 0 Å². The average molecular weight is 447 g/mol. The maximum atomic E-state index is 5.10. The van der Waals surface area contributed by atoms with E-state index in [1.54, 1.807) is 0 Å². The molecule has 0 aliphatic rings. The van der Waals surface area contributed by atoms with Gasteiger partial charge in [-0.2, -0.15) is 0 Å². The van der Waals surface area contributed by atoms with Gasteiger partial charge in [0.15, 0.2) is 0 Å². The van der Waals surface area contributed by atoms with Gasteiger partial charge in [-0.15, -0.1) is 0 Å². The van der Waals surface area contributed by atoms with Crippen molar-refractivity contribution in [3.63, 3.8) is 0 Å². The molecule has 4 aromatic rings. The number of para-hydroxylation sites is 2. The number of allylic oxidation sites excluding steroid dienone is 2. The molecule has 0 N–H and O–H groups in total. The van der Waals surface area contributed by atoms with Gasteiger partial charge in [0.05, 0.1) is 22.4 Å². The molecular weight excluding hydrogens is 412 g/mol. The summed E-state index contributed by atoms with van der Waals surface area (Å²) in [7, 11) is 0. The molecule has 2 nitrogen and oxygen atoms in total. The Morgan fingerprint density at radius 2 is 0.824 bits per heavy atom. The summed E-state index contributed by atoms with van der Waals surface area (Å²) >= 11 is 0. The number of rotatable bonds is 4. The van der Waals surface area contributed by atoms with Gasteiger partial charge in [0.2, 0.25) is 0 Å². The lowest BCUT2D eigenvalue weighted by molar-refractivity contribution is 0.568. The molecule has 0 atom stereocenters. The number of benzene rings is 3. The third-order valence-corrected chi connectivity index (χ3v) is 5.97. The van der Waals surface area contributed by atoms with Crippen LogP contribution in [0.25, 0.3) is 34.3 Å². The minimum atomic E-state index is -0.0536. The molecule has 0 fully saturated rings. The van der Waals surface area contributed by atoms with Gasteiger partial charge in [-0.05, 0) is 57.4 Å². The van der Waals surface area contributed by atoms with Gasteiger partial charge in [0.25, 0.3) is 0 Å². The Kier molecular flexibility index (Phi) is 6.52. The minimum Gasteiger partial charge on any atom is -0.244 e. The number of aromatic nitrogens is 2. The number of nitrogens with zero attached hydrogens (tertiary/aromatic N) is 2. The highest BCUT2D eigenvalue weighted by molar-refractivity contribution is 5.91. The molecule has 1 heterocycles.